The van der Waals surface area contributed by atoms with Gasteiger partial charge in [-0.1, -0.05) is 6.92 Å². The fourth-order valence-electron chi connectivity index (χ4n) is 3.85. The highest BCUT2D eigenvalue weighted by Gasteiger charge is 2.43. The zero-order valence-electron chi connectivity index (χ0n) is 16.5. The number of primary amides is 1. The molecule has 10 nitrogen and oxygen atoms in total. The lowest BCUT2D eigenvalue weighted by Gasteiger charge is -2.32. The number of hydrogen-bond acceptors (Lipinski definition) is 6. The summed E-state index contributed by atoms with van der Waals surface area (Å²) in [5.41, 5.74) is 11.1. The third-order valence-corrected chi connectivity index (χ3v) is 5.50. The molecule has 6 N–H and O–H groups in total. The Morgan fingerprint density at radius 1 is 1.11 bits per heavy atom. The Morgan fingerprint density at radius 2 is 1.68 bits per heavy atom. The van der Waals surface area contributed by atoms with E-state index in [0.29, 0.717) is 45.2 Å². The topological polar surface area (TPSA) is 159 Å². The molecule has 4 amide bonds. The highest BCUT2D eigenvalue weighted by atomic mass is 16.3. The van der Waals surface area contributed by atoms with Crippen molar-refractivity contribution in [3.8, 4) is 0 Å². The second-order valence-electron chi connectivity index (χ2n) is 7.52. The minimum absolute atomic E-state index is 0.249. The monoisotopic (exact) mass is 397 g/mol. The minimum Gasteiger partial charge on any atom is -0.391 e. The number of amides is 4. The van der Waals surface area contributed by atoms with Crippen LogP contribution in [0.4, 0.5) is 0 Å². The van der Waals surface area contributed by atoms with Crippen molar-refractivity contribution in [1.82, 2.24) is 15.1 Å². The van der Waals surface area contributed by atoms with Gasteiger partial charge in [0, 0.05) is 13.1 Å². The van der Waals surface area contributed by atoms with E-state index in [9.17, 15) is 24.3 Å². The third-order valence-electron chi connectivity index (χ3n) is 5.50. The molecule has 2 saturated heterocycles. The molecule has 2 aliphatic rings. The van der Waals surface area contributed by atoms with Crippen molar-refractivity contribution in [3.63, 3.8) is 0 Å². The average Bonchev–Trinajstić information content (AvgIpc) is 3.32. The van der Waals surface area contributed by atoms with E-state index in [-0.39, 0.29) is 11.8 Å². The summed E-state index contributed by atoms with van der Waals surface area (Å²) in [6.07, 6.45) is 1.65. The van der Waals surface area contributed by atoms with Gasteiger partial charge in [-0.25, -0.2) is 0 Å². The number of nitrogens with one attached hydrogen (secondary N) is 1. The summed E-state index contributed by atoms with van der Waals surface area (Å²) in [5.74, 6) is -1.90. The average molecular weight is 397 g/mol. The Labute approximate surface area is 164 Å². The van der Waals surface area contributed by atoms with Crippen LogP contribution in [0.15, 0.2) is 0 Å². The molecular formula is C18H31N5O5. The quantitative estimate of drug-likeness (QED) is 0.391. The van der Waals surface area contributed by atoms with E-state index < -0.39 is 42.1 Å². The van der Waals surface area contributed by atoms with Crippen LogP contribution in [0.5, 0.6) is 0 Å². The van der Waals surface area contributed by atoms with Gasteiger partial charge in [-0.15, -0.1) is 0 Å². The van der Waals surface area contributed by atoms with E-state index in [2.05, 4.69) is 5.32 Å². The third kappa shape index (κ3) is 4.61. The van der Waals surface area contributed by atoms with Crippen molar-refractivity contribution < 1.29 is 24.3 Å². The second-order valence-corrected chi connectivity index (χ2v) is 7.52. The normalized spacial score (nSPS) is 25.3. The van der Waals surface area contributed by atoms with Crippen LogP contribution in [0.3, 0.4) is 0 Å². The molecule has 0 aromatic carbocycles. The van der Waals surface area contributed by atoms with Crippen LogP contribution >= 0.6 is 0 Å². The first-order valence-corrected chi connectivity index (χ1v) is 9.83. The highest BCUT2D eigenvalue weighted by Crippen LogP contribution is 2.25. The van der Waals surface area contributed by atoms with Crippen molar-refractivity contribution >= 4 is 23.6 Å². The van der Waals surface area contributed by atoms with Gasteiger partial charge in [0.15, 0.2) is 0 Å². The molecule has 0 aromatic heterocycles. The molecule has 158 valence electrons. The maximum Gasteiger partial charge on any atom is 0.246 e. The molecule has 2 fully saturated rings. The molecule has 2 heterocycles. The predicted molar refractivity (Wildman–Crippen MR) is 101 cm³/mol. The number of carbonyl (C=O) groups excluding carboxylic acids is 4. The van der Waals surface area contributed by atoms with Crippen LogP contribution in [-0.2, 0) is 19.2 Å². The lowest BCUT2D eigenvalue weighted by Crippen LogP contribution is -2.58. The SMILES string of the molecule is CCC(N)C(=O)N1CCC[C@H]1C(=O)N1CCC[C@H]1C(=O)N[C@H](C(N)=O)[C@@H](C)O. The molecule has 0 spiro atoms. The standard InChI is InChI=1S/C18H31N5O5/c1-3-11(19)17(27)23-9-5-7-13(23)18(28)22-8-4-6-12(22)16(26)21-14(10(2)24)15(20)25/h10-14,24H,3-9,19H2,1-2H3,(H2,20,25)(H,21,26)/t10-,11?,12+,13+,14+/m1/s1. The Kier molecular flexibility index (Phi) is 7.36. The summed E-state index contributed by atoms with van der Waals surface area (Å²) in [5, 5.41) is 12.1. The number of likely N-dealkylation sites (tertiary alicyclic amines) is 2. The number of nitrogens with two attached hydrogens (primary N) is 2. The van der Waals surface area contributed by atoms with Gasteiger partial charge in [0.05, 0.1) is 12.1 Å². The molecule has 0 aromatic rings. The minimum atomic E-state index is -1.22. The van der Waals surface area contributed by atoms with Crippen molar-refractivity contribution in [2.75, 3.05) is 13.1 Å². The van der Waals surface area contributed by atoms with Crippen LogP contribution in [0.1, 0.15) is 46.0 Å². The summed E-state index contributed by atoms with van der Waals surface area (Å²) in [4.78, 5) is 52.7. The number of carbonyl (C=O) groups is 4. The van der Waals surface area contributed by atoms with Gasteiger partial charge in [-0.2, -0.15) is 0 Å². The molecule has 0 bridgehead atoms. The molecular weight excluding hydrogens is 366 g/mol. The first kappa shape index (κ1) is 22.1. The first-order chi connectivity index (χ1) is 13.2. The summed E-state index contributed by atoms with van der Waals surface area (Å²) < 4.78 is 0. The summed E-state index contributed by atoms with van der Waals surface area (Å²) in [6.45, 7) is 4.03. The van der Waals surface area contributed by atoms with Crippen molar-refractivity contribution in [2.45, 2.75) is 76.2 Å². The van der Waals surface area contributed by atoms with E-state index in [4.69, 9.17) is 11.5 Å². The zero-order valence-corrected chi connectivity index (χ0v) is 16.5. The number of aliphatic hydroxyl groups excluding tert-OH is 1. The molecule has 2 aliphatic heterocycles. The van der Waals surface area contributed by atoms with Gasteiger partial charge < -0.3 is 31.7 Å². The van der Waals surface area contributed by atoms with E-state index in [1.165, 1.54) is 16.7 Å². The van der Waals surface area contributed by atoms with E-state index in [0.717, 1.165) is 0 Å². The number of rotatable bonds is 7. The van der Waals surface area contributed by atoms with Crippen LogP contribution < -0.4 is 16.8 Å². The lowest BCUT2D eigenvalue weighted by molar-refractivity contribution is -0.147. The van der Waals surface area contributed by atoms with Crippen molar-refractivity contribution in [3.05, 3.63) is 0 Å². The fraction of sp³-hybridized carbons (Fsp3) is 0.778. The van der Waals surface area contributed by atoms with Gasteiger partial charge in [0.25, 0.3) is 0 Å². The second kappa shape index (κ2) is 9.33. The zero-order chi connectivity index (χ0) is 21.0. The summed E-state index contributed by atoms with van der Waals surface area (Å²) >= 11 is 0. The van der Waals surface area contributed by atoms with Crippen LogP contribution in [0.25, 0.3) is 0 Å². The molecule has 1 unspecified atom stereocenters. The predicted octanol–water partition coefficient (Wildman–Crippen LogP) is -1.94. The number of aliphatic hydroxyl groups is 1. The van der Waals surface area contributed by atoms with Gasteiger partial charge in [-0.05, 0) is 39.0 Å². The van der Waals surface area contributed by atoms with E-state index in [1.54, 1.807) is 0 Å². The molecule has 0 saturated carbocycles. The van der Waals surface area contributed by atoms with Gasteiger partial charge >= 0.3 is 0 Å². The summed E-state index contributed by atoms with van der Waals surface area (Å²) in [6, 6.07) is -3.25. The Hall–Kier alpha value is -2.20. The highest BCUT2D eigenvalue weighted by molar-refractivity contribution is 5.95. The number of hydrogen-bond donors (Lipinski definition) is 4. The van der Waals surface area contributed by atoms with Crippen LogP contribution in [-0.4, -0.2) is 81.9 Å². The Morgan fingerprint density at radius 3 is 2.21 bits per heavy atom. The lowest BCUT2D eigenvalue weighted by atomic mass is 10.1. The number of nitrogens with zero attached hydrogens (tertiary/aromatic N) is 2. The van der Waals surface area contributed by atoms with Crippen molar-refractivity contribution in [2.24, 2.45) is 11.5 Å². The Balaban J connectivity index is 2.10. The molecule has 0 radical (unpaired) electrons. The maximum atomic E-state index is 13.1. The molecule has 2 rings (SSSR count). The molecule has 0 aliphatic carbocycles. The first-order valence-electron chi connectivity index (χ1n) is 9.83. The largest absolute Gasteiger partial charge is 0.391 e. The fourth-order valence-corrected chi connectivity index (χ4v) is 3.85. The Bertz CT molecular complexity index is 625. The van der Waals surface area contributed by atoms with E-state index in [1.807, 2.05) is 6.92 Å². The van der Waals surface area contributed by atoms with Gasteiger partial charge in [0.2, 0.25) is 23.6 Å². The smallest absolute Gasteiger partial charge is 0.246 e. The van der Waals surface area contributed by atoms with E-state index >= 15 is 0 Å². The van der Waals surface area contributed by atoms with Crippen LogP contribution in [0.2, 0.25) is 0 Å². The molecule has 10 heteroatoms. The van der Waals surface area contributed by atoms with Crippen molar-refractivity contribution in [1.29, 1.82) is 0 Å². The summed E-state index contributed by atoms with van der Waals surface area (Å²) in [7, 11) is 0. The van der Waals surface area contributed by atoms with Gasteiger partial charge in [0.1, 0.15) is 18.1 Å². The molecule has 28 heavy (non-hydrogen) atoms. The maximum absolute atomic E-state index is 13.1. The molecule has 5 atom stereocenters. The van der Waals surface area contributed by atoms with Gasteiger partial charge in [-0.3, -0.25) is 19.2 Å². The van der Waals surface area contributed by atoms with Crippen LogP contribution in [0, 0.1) is 0 Å².